The van der Waals surface area contributed by atoms with E-state index in [9.17, 15) is 4.79 Å². The van der Waals surface area contributed by atoms with Crippen molar-refractivity contribution in [1.82, 2.24) is 29.3 Å². The number of hydrogen-bond donors (Lipinski definition) is 1. The van der Waals surface area contributed by atoms with Crippen LogP contribution in [-0.2, 0) is 4.74 Å². The summed E-state index contributed by atoms with van der Waals surface area (Å²) in [5.41, 5.74) is 4.24. The number of methoxy groups -OCH3 is 1. The third-order valence-corrected chi connectivity index (χ3v) is 5.99. The summed E-state index contributed by atoms with van der Waals surface area (Å²) in [5.74, 6) is 0.662. The second-order valence-electron chi connectivity index (χ2n) is 9.79. The summed E-state index contributed by atoms with van der Waals surface area (Å²) in [6, 6.07) is 7.68. The van der Waals surface area contributed by atoms with E-state index in [2.05, 4.69) is 20.5 Å². The Morgan fingerprint density at radius 3 is 2.69 bits per heavy atom. The van der Waals surface area contributed by atoms with Crippen molar-refractivity contribution in [1.29, 1.82) is 0 Å². The van der Waals surface area contributed by atoms with E-state index in [1.165, 1.54) is 0 Å². The van der Waals surface area contributed by atoms with Crippen LogP contribution in [0.2, 0.25) is 5.15 Å². The monoisotopic (exact) mass is 509 g/mol. The van der Waals surface area contributed by atoms with Gasteiger partial charge in [-0.2, -0.15) is 10.2 Å². The number of aryl methyl sites for hydroxylation is 1. The van der Waals surface area contributed by atoms with Crippen LogP contribution in [0.1, 0.15) is 32.5 Å². The van der Waals surface area contributed by atoms with Crippen molar-refractivity contribution in [3.05, 3.63) is 53.7 Å². The van der Waals surface area contributed by atoms with Gasteiger partial charge in [-0.3, -0.25) is 4.68 Å². The van der Waals surface area contributed by atoms with Crippen molar-refractivity contribution in [2.45, 2.75) is 39.3 Å². The number of rotatable bonds is 5. The lowest BCUT2D eigenvalue weighted by Crippen LogP contribution is -2.52. The normalized spacial score (nSPS) is 14.1. The van der Waals surface area contributed by atoms with Gasteiger partial charge < -0.3 is 19.7 Å². The van der Waals surface area contributed by atoms with E-state index in [-0.39, 0.29) is 12.1 Å². The quantitative estimate of drug-likeness (QED) is 0.399. The highest BCUT2D eigenvalue weighted by Crippen LogP contribution is 2.39. The Hall–Kier alpha value is -3.79. The fourth-order valence-corrected chi connectivity index (χ4v) is 4.35. The topological polar surface area (TPSA) is 98.8 Å². The van der Waals surface area contributed by atoms with Gasteiger partial charge in [0.05, 0.1) is 42.6 Å². The van der Waals surface area contributed by atoms with Crippen LogP contribution in [0.3, 0.4) is 0 Å². The largest absolute Gasteiger partial charge is 0.494 e. The molecule has 3 aromatic heterocycles. The zero-order chi connectivity index (χ0) is 25.6. The van der Waals surface area contributed by atoms with Gasteiger partial charge in [-0.25, -0.2) is 14.3 Å². The molecule has 0 radical (unpaired) electrons. The minimum atomic E-state index is -0.513. The highest BCUT2D eigenvalue weighted by molar-refractivity contribution is 6.29. The summed E-state index contributed by atoms with van der Waals surface area (Å²) in [6.45, 7) is 8.59. The van der Waals surface area contributed by atoms with Gasteiger partial charge in [0.25, 0.3) is 0 Å². The van der Waals surface area contributed by atoms with Crippen LogP contribution < -0.4 is 10.1 Å². The Labute approximate surface area is 213 Å². The molecule has 11 heteroatoms. The SMILES string of the molecule is COc1c(Nc2cc(Cl)nn3cc(C)nc23)cccc1-c1cnn(C2CN(C(=O)OC(C)(C)C)C2)c1. The summed E-state index contributed by atoms with van der Waals surface area (Å²) in [7, 11) is 1.63. The lowest BCUT2D eigenvalue weighted by Gasteiger charge is -2.39. The molecule has 4 heterocycles. The van der Waals surface area contributed by atoms with Gasteiger partial charge in [-0.1, -0.05) is 23.7 Å². The van der Waals surface area contributed by atoms with E-state index in [0.717, 1.165) is 22.5 Å². The van der Waals surface area contributed by atoms with Crippen molar-refractivity contribution in [2.24, 2.45) is 0 Å². The molecule has 4 aromatic rings. The molecule has 10 nitrogen and oxygen atoms in total. The van der Waals surface area contributed by atoms with Gasteiger partial charge in [0, 0.05) is 36.5 Å². The van der Waals surface area contributed by atoms with Gasteiger partial charge in [0.1, 0.15) is 11.4 Å². The Balaban J connectivity index is 1.37. The number of likely N-dealkylation sites (tertiary alicyclic amines) is 1. The molecule has 1 amide bonds. The maximum atomic E-state index is 12.3. The molecule has 1 aromatic carbocycles. The number of para-hydroxylation sites is 1. The van der Waals surface area contributed by atoms with Gasteiger partial charge in [-0.05, 0) is 33.8 Å². The van der Waals surface area contributed by atoms with Crippen molar-refractivity contribution >= 4 is 34.7 Å². The first kappa shape index (κ1) is 23.9. The second kappa shape index (κ2) is 9.02. The van der Waals surface area contributed by atoms with Crippen LogP contribution >= 0.6 is 11.6 Å². The molecule has 1 saturated heterocycles. The van der Waals surface area contributed by atoms with E-state index < -0.39 is 5.60 Å². The number of amides is 1. The van der Waals surface area contributed by atoms with Crippen LogP contribution in [0.15, 0.2) is 42.9 Å². The number of anilines is 2. The number of imidazole rings is 1. The summed E-state index contributed by atoms with van der Waals surface area (Å²) in [4.78, 5) is 18.5. The van der Waals surface area contributed by atoms with Crippen molar-refractivity contribution in [2.75, 3.05) is 25.5 Å². The standard InChI is InChI=1S/C25H28ClN7O3/c1-15-11-33-23(28-15)20(9-21(26)30-33)29-19-8-6-7-18(22(19)35-5)16-10-27-32(12-16)17-13-31(14-17)24(34)36-25(2,3)4/h6-12,17,29H,13-14H2,1-5H3. The van der Waals surface area contributed by atoms with E-state index in [1.54, 1.807) is 28.8 Å². The third kappa shape index (κ3) is 4.68. The lowest BCUT2D eigenvalue weighted by atomic mass is 10.1. The van der Waals surface area contributed by atoms with E-state index in [0.29, 0.717) is 35.3 Å². The van der Waals surface area contributed by atoms with Gasteiger partial charge >= 0.3 is 6.09 Å². The van der Waals surface area contributed by atoms with E-state index >= 15 is 0 Å². The van der Waals surface area contributed by atoms with Crippen LogP contribution in [0, 0.1) is 6.92 Å². The van der Waals surface area contributed by atoms with Crippen molar-refractivity contribution < 1.29 is 14.3 Å². The molecular formula is C25H28ClN7O3. The molecule has 36 heavy (non-hydrogen) atoms. The number of carbonyl (C=O) groups is 1. The number of carbonyl (C=O) groups excluding carboxylic acids is 1. The van der Waals surface area contributed by atoms with Crippen LogP contribution in [0.4, 0.5) is 16.2 Å². The molecular weight excluding hydrogens is 482 g/mol. The summed E-state index contributed by atoms with van der Waals surface area (Å²) in [5, 5.41) is 12.6. The molecule has 1 aliphatic rings. The Morgan fingerprint density at radius 2 is 1.97 bits per heavy atom. The molecule has 0 atom stereocenters. The average Bonchev–Trinajstić information content (AvgIpc) is 3.37. The zero-order valence-electron chi connectivity index (χ0n) is 20.8. The van der Waals surface area contributed by atoms with E-state index in [1.807, 2.05) is 63.0 Å². The molecule has 0 unspecified atom stereocenters. The predicted octanol–water partition coefficient (Wildman–Crippen LogP) is 5.10. The van der Waals surface area contributed by atoms with E-state index in [4.69, 9.17) is 21.1 Å². The Bertz CT molecular complexity index is 1430. The summed E-state index contributed by atoms with van der Waals surface area (Å²) < 4.78 is 14.8. The van der Waals surface area contributed by atoms with Crippen molar-refractivity contribution in [3.8, 4) is 16.9 Å². The molecule has 5 rings (SSSR count). The number of aromatic nitrogens is 5. The molecule has 1 aliphatic heterocycles. The minimum absolute atomic E-state index is 0.0921. The first-order chi connectivity index (χ1) is 17.1. The smallest absolute Gasteiger partial charge is 0.410 e. The Morgan fingerprint density at radius 1 is 1.19 bits per heavy atom. The zero-order valence-corrected chi connectivity index (χ0v) is 21.6. The first-order valence-corrected chi connectivity index (χ1v) is 12.0. The number of halogens is 1. The number of benzene rings is 1. The van der Waals surface area contributed by atoms with Gasteiger partial charge in [0.2, 0.25) is 0 Å². The molecule has 0 spiro atoms. The highest BCUT2D eigenvalue weighted by Gasteiger charge is 2.35. The molecule has 0 bridgehead atoms. The number of nitrogens with one attached hydrogen (secondary N) is 1. The lowest BCUT2D eigenvalue weighted by molar-refractivity contribution is -0.000382. The minimum Gasteiger partial charge on any atom is -0.494 e. The fraction of sp³-hybridized carbons (Fsp3) is 0.360. The average molecular weight is 510 g/mol. The highest BCUT2D eigenvalue weighted by atomic mass is 35.5. The second-order valence-corrected chi connectivity index (χ2v) is 10.2. The number of hydrogen-bond acceptors (Lipinski definition) is 7. The van der Waals surface area contributed by atoms with Crippen LogP contribution in [0.25, 0.3) is 16.8 Å². The fourth-order valence-electron chi connectivity index (χ4n) is 4.16. The molecule has 0 aliphatic carbocycles. The summed E-state index contributed by atoms with van der Waals surface area (Å²) in [6.07, 6.45) is 5.29. The van der Waals surface area contributed by atoms with Gasteiger partial charge in [0.15, 0.2) is 10.8 Å². The predicted molar refractivity (Wildman–Crippen MR) is 137 cm³/mol. The summed E-state index contributed by atoms with van der Waals surface area (Å²) >= 11 is 6.24. The number of nitrogens with zero attached hydrogens (tertiary/aromatic N) is 6. The molecule has 0 saturated carbocycles. The molecule has 1 fully saturated rings. The maximum Gasteiger partial charge on any atom is 0.410 e. The molecule has 188 valence electrons. The van der Waals surface area contributed by atoms with Gasteiger partial charge in [-0.15, -0.1) is 0 Å². The van der Waals surface area contributed by atoms with Crippen LogP contribution in [0.5, 0.6) is 5.75 Å². The first-order valence-electron chi connectivity index (χ1n) is 11.6. The maximum absolute atomic E-state index is 12.3. The Kier molecular flexibility index (Phi) is 5.99. The number of fused-ring (bicyclic) bond motifs is 1. The van der Waals surface area contributed by atoms with Crippen LogP contribution in [-0.4, -0.2) is 61.2 Å². The third-order valence-electron chi connectivity index (χ3n) is 5.81. The number of ether oxygens (including phenoxy) is 2. The van der Waals surface area contributed by atoms with Crippen molar-refractivity contribution in [3.63, 3.8) is 0 Å². The molecule has 1 N–H and O–H groups in total.